The first-order chi connectivity index (χ1) is 9.65. The van der Waals surface area contributed by atoms with Crippen LogP contribution in [0.2, 0.25) is 5.02 Å². The van der Waals surface area contributed by atoms with E-state index in [-0.39, 0.29) is 12.0 Å². The van der Waals surface area contributed by atoms with Gasteiger partial charge in [0.2, 0.25) is 0 Å². The summed E-state index contributed by atoms with van der Waals surface area (Å²) < 4.78 is 2.07. The molecule has 2 unspecified atom stereocenters. The van der Waals surface area contributed by atoms with Gasteiger partial charge in [-0.3, -0.25) is 0 Å². The van der Waals surface area contributed by atoms with Crippen LogP contribution in [0.4, 0.5) is 0 Å². The summed E-state index contributed by atoms with van der Waals surface area (Å²) in [6.45, 7) is 3.04. The van der Waals surface area contributed by atoms with Gasteiger partial charge in [0, 0.05) is 37.6 Å². The van der Waals surface area contributed by atoms with Crippen LogP contribution in [-0.2, 0) is 13.6 Å². The number of hydrogen-bond donors (Lipinski definition) is 3. The minimum Gasteiger partial charge on any atom is -0.391 e. The highest BCUT2D eigenvalue weighted by molar-refractivity contribution is 6.31. The SMILES string of the molecule is Cn1c(CNCC2CNCC2O)nc2cc(Cl)ccc21. The topological polar surface area (TPSA) is 62.1 Å². The molecule has 5 nitrogen and oxygen atoms in total. The number of imidazole rings is 1. The van der Waals surface area contributed by atoms with E-state index in [1.54, 1.807) is 0 Å². The summed E-state index contributed by atoms with van der Waals surface area (Å²) in [6.07, 6.45) is -0.248. The van der Waals surface area contributed by atoms with Crippen molar-refractivity contribution in [2.45, 2.75) is 12.6 Å². The second kappa shape index (κ2) is 5.69. The van der Waals surface area contributed by atoms with Crippen LogP contribution in [-0.4, -0.2) is 40.4 Å². The second-order valence-corrected chi connectivity index (χ2v) is 5.77. The molecule has 1 saturated heterocycles. The molecule has 0 aliphatic carbocycles. The normalized spacial score (nSPS) is 22.8. The third-order valence-corrected chi connectivity index (χ3v) is 4.16. The molecule has 2 heterocycles. The Kier molecular flexibility index (Phi) is 3.94. The fourth-order valence-corrected chi connectivity index (χ4v) is 2.84. The van der Waals surface area contributed by atoms with Gasteiger partial charge in [-0.1, -0.05) is 11.6 Å². The van der Waals surface area contributed by atoms with Crippen LogP contribution in [0, 0.1) is 5.92 Å². The minimum atomic E-state index is -0.248. The van der Waals surface area contributed by atoms with Crippen LogP contribution in [0.15, 0.2) is 18.2 Å². The average molecular weight is 295 g/mol. The molecule has 1 aromatic heterocycles. The summed E-state index contributed by atoms with van der Waals surface area (Å²) in [4.78, 5) is 4.59. The number of fused-ring (bicyclic) bond motifs is 1. The third-order valence-electron chi connectivity index (χ3n) is 3.93. The van der Waals surface area contributed by atoms with Crippen LogP contribution in [0.1, 0.15) is 5.82 Å². The fraction of sp³-hybridized carbons (Fsp3) is 0.500. The highest BCUT2D eigenvalue weighted by Crippen LogP contribution is 2.19. The van der Waals surface area contributed by atoms with E-state index in [0.29, 0.717) is 18.1 Å². The quantitative estimate of drug-likeness (QED) is 0.784. The maximum Gasteiger partial charge on any atom is 0.123 e. The van der Waals surface area contributed by atoms with Gasteiger partial charge >= 0.3 is 0 Å². The highest BCUT2D eigenvalue weighted by atomic mass is 35.5. The number of hydrogen-bond acceptors (Lipinski definition) is 4. The molecule has 0 bridgehead atoms. The number of aliphatic hydroxyl groups excluding tert-OH is 1. The molecule has 1 aromatic carbocycles. The largest absolute Gasteiger partial charge is 0.391 e. The summed E-state index contributed by atoms with van der Waals surface area (Å²) in [5.41, 5.74) is 1.99. The molecule has 3 rings (SSSR count). The van der Waals surface area contributed by atoms with E-state index < -0.39 is 0 Å². The lowest BCUT2D eigenvalue weighted by Gasteiger charge is -2.13. The molecule has 3 N–H and O–H groups in total. The first-order valence-corrected chi connectivity index (χ1v) is 7.23. The van der Waals surface area contributed by atoms with Crippen LogP contribution in [0.5, 0.6) is 0 Å². The van der Waals surface area contributed by atoms with Crippen molar-refractivity contribution in [3.8, 4) is 0 Å². The fourth-order valence-electron chi connectivity index (χ4n) is 2.68. The summed E-state index contributed by atoms with van der Waals surface area (Å²) in [6, 6.07) is 5.74. The number of halogens is 1. The van der Waals surface area contributed by atoms with E-state index in [2.05, 4.69) is 20.2 Å². The van der Waals surface area contributed by atoms with Gasteiger partial charge in [-0.05, 0) is 18.2 Å². The molecule has 0 spiro atoms. The average Bonchev–Trinajstić information content (AvgIpc) is 2.95. The smallest absolute Gasteiger partial charge is 0.123 e. The molecule has 1 aliphatic heterocycles. The van der Waals surface area contributed by atoms with Crippen LogP contribution in [0.3, 0.4) is 0 Å². The number of nitrogens with zero attached hydrogens (tertiary/aromatic N) is 2. The minimum absolute atomic E-state index is 0.248. The molecule has 0 amide bonds. The van der Waals surface area contributed by atoms with Crippen molar-refractivity contribution in [2.24, 2.45) is 13.0 Å². The Bertz CT molecular complexity index is 612. The molecule has 2 atom stereocenters. The van der Waals surface area contributed by atoms with E-state index in [0.717, 1.165) is 29.9 Å². The van der Waals surface area contributed by atoms with Gasteiger partial charge in [0.15, 0.2) is 0 Å². The van der Waals surface area contributed by atoms with Crippen LogP contribution in [0.25, 0.3) is 11.0 Å². The number of benzene rings is 1. The number of β-amino-alcohol motifs (C(OH)–C–C–N with tert-alkyl or cyclic N) is 1. The van der Waals surface area contributed by atoms with Gasteiger partial charge in [0.05, 0.1) is 23.7 Å². The number of aromatic nitrogens is 2. The summed E-state index contributed by atoms with van der Waals surface area (Å²) in [7, 11) is 2.01. The Balaban J connectivity index is 1.67. The van der Waals surface area contributed by atoms with Gasteiger partial charge < -0.3 is 20.3 Å². The second-order valence-electron chi connectivity index (χ2n) is 5.34. The monoisotopic (exact) mass is 294 g/mol. The van der Waals surface area contributed by atoms with Crippen LogP contribution < -0.4 is 10.6 Å². The van der Waals surface area contributed by atoms with E-state index in [1.807, 2.05) is 25.2 Å². The van der Waals surface area contributed by atoms with Crippen molar-refractivity contribution in [1.29, 1.82) is 0 Å². The zero-order valence-corrected chi connectivity index (χ0v) is 12.2. The lowest BCUT2D eigenvalue weighted by Crippen LogP contribution is -2.30. The van der Waals surface area contributed by atoms with Crippen molar-refractivity contribution >= 4 is 22.6 Å². The molecule has 2 aromatic rings. The Morgan fingerprint density at radius 2 is 2.35 bits per heavy atom. The Morgan fingerprint density at radius 1 is 1.50 bits per heavy atom. The number of rotatable bonds is 4. The lowest BCUT2D eigenvalue weighted by molar-refractivity contribution is 0.146. The zero-order valence-electron chi connectivity index (χ0n) is 11.4. The molecular weight excluding hydrogens is 276 g/mol. The first-order valence-electron chi connectivity index (χ1n) is 6.85. The van der Waals surface area contributed by atoms with Crippen molar-refractivity contribution in [2.75, 3.05) is 19.6 Å². The van der Waals surface area contributed by atoms with E-state index in [9.17, 15) is 5.11 Å². The molecule has 1 fully saturated rings. The van der Waals surface area contributed by atoms with Crippen molar-refractivity contribution in [3.05, 3.63) is 29.0 Å². The number of aryl methyl sites for hydroxylation is 1. The highest BCUT2D eigenvalue weighted by Gasteiger charge is 2.24. The molecule has 108 valence electrons. The van der Waals surface area contributed by atoms with Gasteiger partial charge in [0.1, 0.15) is 5.82 Å². The molecule has 6 heteroatoms. The predicted molar refractivity (Wildman–Crippen MR) is 79.8 cm³/mol. The Morgan fingerprint density at radius 3 is 3.10 bits per heavy atom. The Hall–Kier alpha value is -1.14. The van der Waals surface area contributed by atoms with Crippen molar-refractivity contribution < 1.29 is 5.11 Å². The molecule has 0 radical (unpaired) electrons. The summed E-state index contributed by atoms with van der Waals surface area (Å²) in [5, 5.41) is 17.0. The maximum absolute atomic E-state index is 9.75. The van der Waals surface area contributed by atoms with E-state index >= 15 is 0 Å². The van der Waals surface area contributed by atoms with E-state index in [1.165, 1.54) is 0 Å². The van der Waals surface area contributed by atoms with E-state index in [4.69, 9.17) is 11.6 Å². The van der Waals surface area contributed by atoms with Gasteiger partial charge in [0.25, 0.3) is 0 Å². The number of nitrogens with one attached hydrogen (secondary N) is 2. The lowest BCUT2D eigenvalue weighted by atomic mass is 10.1. The zero-order chi connectivity index (χ0) is 14.1. The van der Waals surface area contributed by atoms with Crippen molar-refractivity contribution in [3.63, 3.8) is 0 Å². The molecule has 20 heavy (non-hydrogen) atoms. The first kappa shape index (κ1) is 13.8. The molecule has 1 aliphatic rings. The van der Waals surface area contributed by atoms with Crippen molar-refractivity contribution in [1.82, 2.24) is 20.2 Å². The molecule has 0 saturated carbocycles. The predicted octanol–water partition coefficient (Wildman–Crippen LogP) is 0.897. The van der Waals surface area contributed by atoms with Gasteiger partial charge in [-0.2, -0.15) is 0 Å². The van der Waals surface area contributed by atoms with Crippen LogP contribution >= 0.6 is 11.6 Å². The standard InChI is InChI=1S/C14H19ClN4O/c1-19-12-3-2-10(15)4-11(12)18-14(19)8-17-6-9-5-16-7-13(9)20/h2-4,9,13,16-17,20H,5-8H2,1H3. The summed E-state index contributed by atoms with van der Waals surface area (Å²) >= 11 is 5.99. The Labute approximate surface area is 122 Å². The number of aliphatic hydroxyl groups is 1. The summed E-state index contributed by atoms with van der Waals surface area (Å²) in [5.74, 6) is 1.25. The maximum atomic E-state index is 9.75. The van der Waals surface area contributed by atoms with Gasteiger partial charge in [-0.25, -0.2) is 4.98 Å². The molecular formula is C14H19ClN4O. The van der Waals surface area contributed by atoms with Gasteiger partial charge in [-0.15, -0.1) is 0 Å². The third kappa shape index (κ3) is 2.67.